The fourth-order valence-electron chi connectivity index (χ4n) is 2.15. The van der Waals surface area contributed by atoms with E-state index in [1.54, 1.807) is 29.5 Å². The Hall–Kier alpha value is -2.06. The zero-order valence-corrected chi connectivity index (χ0v) is 15.2. The standard InChI is InChI=1S/C16H20N2O4S2/c1-22-15-11-12(8-9-14(15)18-24(2,20)21)17-16(19)7-3-5-13-6-4-10-23-13/h4,6,8-11,18H,3,5,7H2,1-2H3,(H,17,19). The summed E-state index contributed by atoms with van der Waals surface area (Å²) in [6.45, 7) is 0. The molecule has 130 valence electrons. The predicted octanol–water partition coefficient (Wildman–Crippen LogP) is 3.09. The number of ether oxygens (including phenoxy) is 1. The average molecular weight is 368 g/mol. The van der Waals surface area contributed by atoms with Crippen LogP contribution in [0.15, 0.2) is 35.7 Å². The van der Waals surface area contributed by atoms with Crippen LogP contribution in [0, 0.1) is 0 Å². The molecule has 0 aliphatic rings. The number of benzene rings is 1. The van der Waals surface area contributed by atoms with Crippen LogP contribution in [0.1, 0.15) is 17.7 Å². The lowest BCUT2D eigenvalue weighted by molar-refractivity contribution is -0.116. The van der Waals surface area contributed by atoms with Gasteiger partial charge in [-0.25, -0.2) is 8.42 Å². The fourth-order valence-corrected chi connectivity index (χ4v) is 3.47. The molecule has 24 heavy (non-hydrogen) atoms. The lowest BCUT2D eigenvalue weighted by Crippen LogP contribution is -2.13. The van der Waals surface area contributed by atoms with Crippen molar-refractivity contribution in [2.75, 3.05) is 23.4 Å². The van der Waals surface area contributed by atoms with Crippen LogP contribution in [0.5, 0.6) is 5.75 Å². The first-order valence-corrected chi connectivity index (χ1v) is 10.1. The van der Waals surface area contributed by atoms with Gasteiger partial charge in [0.2, 0.25) is 15.9 Å². The van der Waals surface area contributed by atoms with Gasteiger partial charge in [0.1, 0.15) is 5.75 Å². The molecule has 2 rings (SSSR count). The van der Waals surface area contributed by atoms with Crippen molar-refractivity contribution in [1.82, 2.24) is 0 Å². The smallest absolute Gasteiger partial charge is 0.229 e. The molecule has 0 unspecified atom stereocenters. The van der Waals surface area contributed by atoms with Crippen LogP contribution in [-0.2, 0) is 21.2 Å². The first-order valence-electron chi connectivity index (χ1n) is 7.35. The van der Waals surface area contributed by atoms with Gasteiger partial charge in [-0.15, -0.1) is 11.3 Å². The van der Waals surface area contributed by atoms with E-state index in [1.165, 1.54) is 12.0 Å². The number of sulfonamides is 1. The van der Waals surface area contributed by atoms with E-state index >= 15 is 0 Å². The van der Waals surface area contributed by atoms with E-state index in [4.69, 9.17) is 4.74 Å². The molecule has 0 saturated heterocycles. The van der Waals surface area contributed by atoms with E-state index in [-0.39, 0.29) is 5.91 Å². The number of anilines is 2. The van der Waals surface area contributed by atoms with Crippen molar-refractivity contribution in [2.45, 2.75) is 19.3 Å². The van der Waals surface area contributed by atoms with Gasteiger partial charge in [-0.2, -0.15) is 0 Å². The summed E-state index contributed by atoms with van der Waals surface area (Å²) in [5, 5.41) is 4.82. The summed E-state index contributed by atoms with van der Waals surface area (Å²) >= 11 is 1.69. The fraction of sp³-hybridized carbons (Fsp3) is 0.312. The van der Waals surface area contributed by atoms with Crippen molar-refractivity contribution in [2.24, 2.45) is 0 Å². The highest BCUT2D eigenvalue weighted by Gasteiger charge is 2.10. The highest BCUT2D eigenvalue weighted by molar-refractivity contribution is 7.92. The number of rotatable bonds is 8. The highest BCUT2D eigenvalue weighted by Crippen LogP contribution is 2.28. The number of thiophene rings is 1. The third-order valence-corrected chi connectivity index (χ3v) is 4.71. The van der Waals surface area contributed by atoms with Crippen LogP contribution in [-0.4, -0.2) is 27.7 Å². The molecule has 8 heteroatoms. The SMILES string of the molecule is COc1cc(NC(=O)CCCc2cccs2)ccc1NS(C)(=O)=O. The summed E-state index contributed by atoms with van der Waals surface area (Å²) in [7, 11) is -1.96. The van der Waals surface area contributed by atoms with Crippen LogP contribution in [0.4, 0.5) is 11.4 Å². The Morgan fingerprint density at radius 3 is 2.71 bits per heavy atom. The molecule has 1 aromatic heterocycles. The second-order valence-corrected chi connectivity index (χ2v) is 8.05. The topological polar surface area (TPSA) is 84.5 Å². The molecule has 0 fully saturated rings. The quantitative estimate of drug-likeness (QED) is 0.750. The molecule has 0 aliphatic carbocycles. The molecular weight excluding hydrogens is 348 g/mol. The maximum Gasteiger partial charge on any atom is 0.229 e. The number of amides is 1. The molecular formula is C16H20N2O4S2. The number of carbonyl (C=O) groups excluding carboxylic acids is 1. The van der Waals surface area contributed by atoms with Crippen LogP contribution in [0.25, 0.3) is 0 Å². The number of hydrogen-bond acceptors (Lipinski definition) is 5. The summed E-state index contributed by atoms with van der Waals surface area (Å²) in [6.07, 6.45) is 3.14. The molecule has 0 aliphatic heterocycles. The minimum atomic E-state index is -3.40. The van der Waals surface area contributed by atoms with Crippen molar-refractivity contribution >= 4 is 38.6 Å². The molecule has 1 aromatic carbocycles. The van der Waals surface area contributed by atoms with Gasteiger partial charge in [-0.3, -0.25) is 9.52 Å². The second-order valence-electron chi connectivity index (χ2n) is 5.27. The van der Waals surface area contributed by atoms with E-state index in [2.05, 4.69) is 16.1 Å². The summed E-state index contributed by atoms with van der Waals surface area (Å²) in [5.41, 5.74) is 0.891. The number of hydrogen-bond donors (Lipinski definition) is 2. The molecule has 0 atom stereocenters. The van der Waals surface area contributed by atoms with Gasteiger partial charge in [0.15, 0.2) is 0 Å². The molecule has 6 nitrogen and oxygen atoms in total. The van der Waals surface area contributed by atoms with Crippen molar-refractivity contribution in [3.05, 3.63) is 40.6 Å². The minimum Gasteiger partial charge on any atom is -0.494 e. The van der Waals surface area contributed by atoms with E-state index in [0.29, 0.717) is 23.5 Å². The number of methoxy groups -OCH3 is 1. The predicted molar refractivity (Wildman–Crippen MR) is 97.3 cm³/mol. The Morgan fingerprint density at radius 2 is 2.08 bits per heavy atom. The molecule has 2 N–H and O–H groups in total. The van der Waals surface area contributed by atoms with E-state index in [1.807, 2.05) is 11.4 Å². The molecule has 1 amide bonds. The van der Waals surface area contributed by atoms with Crippen LogP contribution < -0.4 is 14.8 Å². The van der Waals surface area contributed by atoms with Gasteiger partial charge in [0.05, 0.1) is 19.1 Å². The zero-order valence-electron chi connectivity index (χ0n) is 13.5. The Kier molecular flexibility index (Phi) is 6.22. The average Bonchev–Trinajstić information content (AvgIpc) is 3.00. The van der Waals surface area contributed by atoms with Gasteiger partial charge in [-0.1, -0.05) is 6.07 Å². The Labute approximate surface area is 145 Å². The summed E-state index contributed by atoms with van der Waals surface area (Å²) < 4.78 is 30.2. The van der Waals surface area contributed by atoms with Crippen LogP contribution in [0.2, 0.25) is 0 Å². The normalized spacial score (nSPS) is 11.1. The lowest BCUT2D eigenvalue weighted by Gasteiger charge is -2.12. The monoisotopic (exact) mass is 368 g/mol. The summed E-state index contributed by atoms with van der Waals surface area (Å²) in [6, 6.07) is 8.83. The highest BCUT2D eigenvalue weighted by atomic mass is 32.2. The molecule has 2 aromatic rings. The molecule has 1 heterocycles. The summed E-state index contributed by atoms with van der Waals surface area (Å²) in [4.78, 5) is 13.3. The second kappa shape index (κ2) is 8.16. The first kappa shape index (κ1) is 18.3. The Balaban J connectivity index is 1.92. The molecule has 0 radical (unpaired) electrons. The van der Waals surface area contributed by atoms with Crippen molar-refractivity contribution in [3.63, 3.8) is 0 Å². The van der Waals surface area contributed by atoms with Gasteiger partial charge < -0.3 is 10.1 Å². The molecule has 0 saturated carbocycles. The number of nitrogens with one attached hydrogen (secondary N) is 2. The van der Waals surface area contributed by atoms with Gasteiger partial charge in [0, 0.05) is 23.1 Å². The van der Waals surface area contributed by atoms with E-state index in [9.17, 15) is 13.2 Å². The van der Waals surface area contributed by atoms with Crippen LogP contribution in [0.3, 0.4) is 0 Å². The van der Waals surface area contributed by atoms with Gasteiger partial charge in [0.25, 0.3) is 0 Å². The van der Waals surface area contributed by atoms with Gasteiger partial charge in [-0.05, 0) is 36.4 Å². The molecule has 0 spiro atoms. The Bertz CT molecular complexity index is 786. The van der Waals surface area contributed by atoms with Crippen molar-refractivity contribution in [3.8, 4) is 5.75 Å². The minimum absolute atomic E-state index is 0.0857. The van der Waals surface area contributed by atoms with Crippen molar-refractivity contribution in [1.29, 1.82) is 0 Å². The van der Waals surface area contributed by atoms with E-state index < -0.39 is 10.0 Å². The van der Waals surface area contributed by atoms with Crippen LogP contribution >= 0.6 is 11.3 Å². The van der Waals surface area contributed by atoms with Gasteiger partial charge >= 0.3 is 0 Å². The zero-order chi connectivity index (χ0) is 17.6. The van der Waals surface area contributed by atoms with Crippen molar-refractivity contribution < 1.29 is 17.9 Å². The maximum atomic E-state index is 12.0. The maximum absolute atomic E-state index is 12.0. The number of aryl methyl sites for hydroxylation is 1. The third kappa shape index (κ3) is 5.86. The third-order valence-electron chi connectivity index (χ3n) is 3.19. The Morgan fingerprint density at radius 1 is 1.29 bits per heavy atom. The number of carbonyl (C=O) groups is 1. The largest absolute Gasteiger partial charge is 0.494 e. The first-order chi connectivity index (χ1) is 11.4. The molecule has 0 bridgehead atoms. The summed E-state index contributed by atoms with van der Waals surface area (Å²) in [5.74, 6) is 0.259. The van der Waals surface area contributed by atoms with E-state index in [0.717, 1.165) is 19.1 Å². The lowest BCUT2D eigenvalue weighted by atomic mass is 10.2.